The highest BCUT2D eigenvalue weighted by atomic mass is 79.9. The number of hydrogen-bond acceptors (Lipinski definition) is 3. The number of carbonyl (C=O) groups excluding carboxylic acids is 2. The first-order valence-electron chi connectivity index (χ1n) is 7.34. The second-order valence-corrected chi connectivity index (χ2v) is 6.55. The fourth-order valence-corrected chi connectivity index (χ4v) is 2.91. The molecule has 5 nitrogen and oxygen atoms in total. The van der Waals surface area contributed by atoms with Crippen molar-refractivity contribution in [3.05, 3.63) is 28.7 Å². The van der Waals surface area contributed by atoms with Gasteiger partial charge in [0.25, 0.3) is 5.91 Å². The summed E-state index contributed by atoms with van der Waals surface area (Å²) in [6.45, 7) is 1.26. The number of ether oxygens (including phenoxy) is 1. The van der Waals surface area contributed by atoms with E-state index in [0.29, 0.717) is 18.8 Å². The van der Waals surface area contributed by atoms with Gasteiger partial charge in [-0.05, 0) is 31.0 Å². The molecule has 1 aliphatic rings. The van der Waals surface area contributed by atoms with Crippen LogP contribution in [0.5, 0.6) is 5.75 Å². The third-order valence-corrected chi connectivity index (χ3v) is 4.29. The molecule has 0 unspecified atom stereocenters. The predicted molar refractivity (Wildman–Crippen MR) is 87.6 cm³/mol. The van der Waals surface area contributed by atoms with Crippen LogP contribution in [0.2, 0.25) is 0 Å². The summed E-state index contributed by atoms with van der Waals surface area (Å²) in [5.74, 6) is 0.818. The molecule has 1 aromatic carbocycles. The normalized spacial score (nSPS) is 15.5. The Kier molecular flexibility index (Phi) is 5.83. The molecule has 1 aliphatic heterocycles. The topological polar surface area (TPSA) is 49.9 Å². The van der Waals surface area contributed by atoms with Gasteiger partial charge >= 0.3 is 0 Å². The van der Waals surface area contributed by atoms with Crippen LogP contribution in [0.25, 0.3) is 0 Å². The molecule has 0 atom stereocenters. The van der Waals surface area contributed by atoms with Crippen LogP contribution in [0.1, 0.15) is 12.8 Å². The highest BCUT2D eigenvalue weighted by molar-refractivity contribution is 9.10. The van der Waals surface area contributed by atoms with E-state index in [4.69, 9.17) is 4.74 Å². The van der Waals surface area contributed by atoms with Crippen molar-refractivity contribution in [2.45, 2.75) is 12.8 Å². The highest BCUT2D eigenvalue weighted by Gasteiger charge is 2.28. The average molecular weight is 369 g/mol. The zero-order chi connectivity index (χ0) is 16.1. The number of halogens is 1. The summed E-state index contributed by atoms with van der Waals surface area (Å²) < 4.78 is 6.44. The number of piperidine rings is 1. The quantitative estimate of drug-likeness (QED) is 0.817. The maximum Gasteiger partial charge on any atom is 0.260 e. The van der Waals surface area contributed by atoms with Gasteiger partial charge in [0.1, 0.15) is 5.75 Å². The van der Waals surface area contributed by atoms with Crippen LogP contribution in [0.3, 0.4) is 0 Å². The smallest absolute Gasteiger partial charge is 0.260 e. The van der Waals surface area contributed by atoms with E-state index in [2.05, 4.69) is 15.9 Å². The first kappa shape index (κ1) is 16.8. The summed E-state index contributed by atoms with van der Waals surface area (Å²) in [5, 5.41) is 0. The van der Waals surface area contributed by atoms with Crippen molar-refractivity contribution in [2.24, 2.45) is 5.92 Å². The third kappa shape index (κ3) is 4.47. The van der Waals surface area contributed by atoms with E-state index < -0.39 is 0 Å². The molecule has 0 aromatic heterocycles. The summed E-state index contributed by atoms with van der Waals surface area (Å²) in [6, 6.07) is 7.42. The molecule has 0 spiro atoms. The zero-order valence-electron chi connectivity index (χ0n) is 12.9. The molecule has 0 bridgehead atoms. The molecule has 22 heavy (non-hydrogen) atoms. The van der Waals surface area contributed by atoms with Crippen molar-refractivity contribution in [2.75, 3.05) is 33.8 Å². The summed E-state index contributed by atoms with van der Waals surface area (Å²) in [4.78, 5) is 27.5. The average Bonchev–Trinajstić information content (AvgIpc) is 2.52. The van der Waals surface area contributed by atoms with Crippen LogP contribution in [0.4, 0.5) is 0 Å². The van der Waals surface area contributed by atoms with Crippen molar-refractivity contribution in [3.63, 3.8) is 0 Å². The lowest BCUT2D eigenvalue weighted by atomic mass is 9.95. The number of nitrogens with zero attached hydrogens (tertiary/aromatic N) is 2. The Morgan fingerprint density at radius 1 is 1.32 bits per heavy atom. The van der Waals surface area contributed by atoms with Crippen molar-refractivity contribution >= 4 is 27.7 Å². The molecule has 2 rings (SSSR count). The standard InChI is InChI=1S/C16H21BrN2O3/c1-18(2)16(21)12-6-8-19(9-7-12)15(20)11-22-14-5-3-4-13(17)10-14/h3-5,10,12H,6-9,11H2,1-2H3. The number of likely N-dealkylation sites (tertiary alicyclic amines) is 1. The molecule has 1 heterocycles. The van der Waals surface area contributed by atoms with Crippen molar-refractivity contribution in [1.29, 1.82) is 0 Å². The molecule has 0 N–H and O–H groups in total. The maximum absolute atomic E-state index is 12.2. The molecular weight excluding hydrogens is 348 g/mol. The largest absolute Gasteiger partial charge is 0.484 e. The molecule has 6 heteroatoms. The molecule has 120 valence electrons. The van der Waals surface area contributed by atoms with Gasteiger partial charge in [0.2, 0.25) is 5.91 Å². The SMILES string of the molecule is CN(C)C(=O)C1CCN(C(=O)COc2cccc(Br)c2)CC1. The van der Waals surface area contributed by atoms with Gasteiger partial charge in [-0.3, -0.25) is 9.59 Å². The molecule has 1 saturated heterocycles. The summed E-state index contributed by atoms with van der Waals surface area (Å²) in [5.41, 5.74) is 0. The van der Waals surface area contributed by atoms with Crippen molar-refractivity contribution in [1.82, 2.24) is 9.80 Å². The molecule has 0 radical (unpaired) electrons. The first-order chi connectivity index (χ1) is 10.5. The second-order valence-electron chi connectivity index (χ2n) is 5.63. The van der Waals surface area contributed by atoms with Crippen LogP contribution in [0.15, 0.2) is 28.7 Å². The number of benzene rings is 1. The van der Waals surface area contributed by atoms with Crippen LogP contribution in [-0.4, -0.2) is 55.4 Å². The van der Waals surface area contributed by atoms with Crippen molar-refractivity contribution < 1.29 is 14.3 Å². The fraction of sp³-hybridized carbons (Fsp3) is 0.500. The lowest BCUT2D eigenvalue weighted by Gasteiger charge is -2.32. The van der Waals surface area contributed by atoms with Gasteiger partial charge < -0.3 is 14.5 Å². The van der Waals surface area contributed by atoms with Gasteiger partial charge in [0.15, 0.2) is 6.61 Å². The molecule has 1 aromatic rings. The summed E-state index contributed by atoms with van der Waals surface area (Å²) >= 11 is 3.37. The Morgan fingerprint density at radius 3 is 2.59 bits per heavy atom. The number of hydrogen-bond donors (Lipinski definition) is 0. The number of rotatable bonds is 4. The maximum atomic E-state index is 12.2. The molecular formula is C16H21BrN2O3. The molecule has 1 fully saturated rings. The van der Waals surface area contributed by atoms with E-state index in [0.717, 1.165) is 17.3 Å². The Hall–Kier alpha value is -1.56. The van der Waals surface area contributed by atoms with Crippen molar-refractivity contribution in [3.8, 4) is 5.75 Å². The second kappa shape index (κ2) is 7.63. The number of carbonyl (C=O) groups is 2. The molecule has 2 amide bonds. The van der Waals surface area contributed by atoms with E-state index in [1.165, 1.54) is 0 Å². The van der Waals surface area contributed by atoms with Crippen LogP contribution < -0.4 is 4.74 Å². The Balaban J connectivity index is 1.79. The van der Waals surface area contributed by atoms with Crippen LogP contribution in [-0.2, 0) is 9.59 Å². The van der Waals surface area contributed by atoms with Gasteiger partial charge in [0.05, 0.1) is 0 Å². The minimum absolute atomic E-state index is 0.0305. The van der Waals surface area contributed by atoms with E-state index in [-0.39, 0.29) is 24.3 Å². The number of amides is 2. The summed E-state index contributed by atoms with van der Waals surface area (Å²) in [6.07, 6.45) is 1.44. The highest BCUT2D eigenvalue weighted by Crippen LogP contribution is 2.20. The molecule has 0 aliphatic carbocycles. The minimum atomic E-state index is -0.0317. The Morgan fingerprint density at radius 2 is 2.00 bits per heavy atom. The lowest BCUT2D eigenvalue weighted by molar-refractivity contribution is -0.140. The lowest BCUT2D eigenvalue weighted by Crippen LogP contribution is -2.44. The van der Waals surface area contributed by atoms with Gasteiger partial charge in [-0.25, -0.2) is 0 Å². The molecule has 0 saturated carbocycles. The minimum Gasteiger partial charge on any atom is -0.484 e. The van der Waals surface area contributed by atoms with E-state index >= 15 is 0 Å². The van der Waals surface area contributed by atoms with E-state index in [1.807, 2.05) is 24.3 Å². The van der Waals surface area contributed by atoms with E-state index in [9.17, 15) is 9.59 Å². The zero-order valence-corrected chi connectivity index (χ0v) is 14.5. The summed E-state index contributed by atoms with van der Waals surface area (Å²) in [7, 11) is 3.54. The predicted octanol–water partition coefficient (Wildman–Crippen LogP) is 2.15. The van der Waals surface area contributed by atoms with Gasteiger partial charge in [0, 0.05) is 37.6 Å². The monoisotopic (exact) mass is 368 g/mol. The Bertz CT molecular complexity index is 540. The van der Waals surface area contributed by atoms with Gasteiger partial charge in [-0.2, -0.15) is 0 Å². The third-order valence-electron chi connectivity index (χ3n) is 3.80. The van der Waals surface area contributed by atoms with Crippen LogP contribution in [0, 0.1) is 5.92 Å². The van der Waals surface area contributed by atoms with Gasteiger partial charge in [-0.15, -0.1) is 0 Å². The van der Waals surface area contributed by atoms with E-state index in [1.54, 1.807) is 23.9 Å². The fourth-order valence-electron chi connectivity index (χ4n) is 2.53. The first-order valence-corrected chi connectivity index (χ1v) is 8.14. The van der Waals surface area contributed by atoms with Crippen LogP contribution >= 0.6 is 15.9 Å². The van der Waals surface area contributed by atoms with Gasteiger partial charge in [-0.1, -0.05) is 22.0 Å². The Labute approximate surface area is 139 Å².